The smallest absolute Gasteiger partial charge is 0.206 e. The van der Waals surface area contributed by atoms with E-state index in [1.807, 2.05) is 0 Å². The molecule has 4 aliphatic heterocycles. The molecular formula is C31H31N2+. The molecule has 0 atom stereocenters. The Hall–Kier alpha value is -2.87. The Morgan fingerprint density at radius 1 is 0.758 bits per heavy atom. The lowest BCUT2D eigenvalue weighted by atomic mass is 9.75. The van der Waals surface area contributed by atoms with Gasteiger partial charge in [0.1, 0.15) is 13.1 Å². The van der Waals surface area contributed by atoms with Gasteiger partial charge in [0.15, 0.2) is 0 Å². The molecule has 0 N–H and O–H groups in total. The van der Waals surface area contributed by atoms with E-state index in [-0.39, 0.29) is 0 Å². The Labute approximate surface area is 195 Å². The fourth-order valence-electron chi connectivity index (χ4n) is 7.76. The highest BCUT2D eigenvalue weighted by Gasteiger charge is 2.35. The van der Waals surface area contributed by atoms with Crippen molar-refractivity contribution in [3.8, 4) is 0 Å². The summed E-state index contributed by atoms with van der Waals surface area (Å²) in [5.41, 5.74) is 17.4. The van der Waals surface area contributed by atoms with Crippen LogP contribution in [0.1, 0.15) is 62.9 Å². The Morgan fingerprint density at radius 3 is 2.61 bits per heavy atom. The molecule has 2 nitrogen and oxygen atoms in total. The monoisotopic (exact) mass is 431 g/mol. The molecule has 164 valence electrons. The molecule has 2 heteroatoms. The van der Waals surface area contributed by atoms with Crippen molar-refractivity contribution in [2.24, 2.45) is 0 Å². The van der Waals surface area contributed by atoms with Gasteiger partial charge in [-0.2, -0.15) is 0 Å². The minimum atomic E-state index is 1.13. The van der Waals surface area contributed by atoms with Gasteiger partial charge in [-0.3, -0.25) is 0 Å². The van der Waals surface area contributed by atoms with Gasteiger partial charge in [-0.15, -0.1) is 0 Å². The van der Waals surface area contributed by atoms with E-state index in [1.165, 1.54) is 81.4 Å². The molecule has 0 bridgehead atoms. The third-order valence-electron chi connectivity index (χ3n) is 9.15. The average Bonchev–Trinajstić information content (AvgIpc) is 3.45. The number of hydrogen-bond acceptors (Lipinski definition) is 1. The van der Waals surface area contributed by atoms with Crippen LogP contribution >= 0.6 is 0 Å². The van der Waals surface area contributed by atoms with Crippen LogP contribution in [0.5, 0.6) is 0 Å². The lowest BCUT2D eigenvalue weighted by molar-refractivity contribution is 0.551. The molecule has 5 aliphatic rings. The van der Waals surface area contributed by atoms with Gasteiger partial charge in [0, 0.05) is 42.7 Å². The van der Waals surface area contributed by atoms with Gasteiger partial charge in [0.25, 0.3) is 0 Å². The summed E-state index contributed by atoms with van der Waals surface area (Å²) in [4.78, 5) is 2.69. The first-order valence-corrected chi connectivity index (χ1v) is 13.1. The summed E-state index contributed by atoms with van der Waals surface area (Å²) >= 11 is 0. The highest BCUT2D eigenvalue weighted by molar-refractivity contribution is 5.88. The predicted octanol–water partition coefficient (Wildman–Crippen LogP) is 3.45. The molecule has 0 spiro atoms. The van der Waals surface area contributed by atoms with Crippen LogP contribution in [0.2, 0.25) is 0 Å². The third-order valence-corrected chi connectivity index (χ3v) is 9.15. The Morgan fingerprint density at radius 2 is 1.67 bits per heavy atom. The van der Waals surface area contributed by atoms with Gasteiger partial charge < -0.3 is 4.90 Å². The average molecular weight is 432 g/mol. The maximum absolute atomic E-state index is 2.69. The molecule has 0 aromatic heterocycles. The normalized spacial score (nSPS) is 19.4. The second-order valence-electron chi connectivity index (χ2n) is 10.8. The van der Waals surface area contributed by atoms with Crippen LogP contribution in [0.4, 0.5) is 5.69 Å². The molecule has 4 heterocycles. The zero-order chi connectivity index (χ0) is 21.7. The molecule has 0 unspecified atom stereocenters. The Balaban J connectivity index is 1.54. The van der Waals surface area contributed by atoms with E-state index in [1.54, 1.807) is 55.2 Å². The number of hydrogen-bond donors (Lipinski definition) is 0. The lowest BCUT2D eigenvalue weighted by Crippen LogP contribution is -2.39. The zero-order valence-corrected chi connectivity index (χ0v) is 19.6. The van der Waals surface area contributed by atoms with Crippen molar-refractivity contribution in [3.63, 3.8) is 0 Å². The van der Waals surface area contributed by atoms with Gasteiger partial charge >= 0.3 is 0 Å². The number of anilines is 1. The summed E-state index contributed by atoms with van der Waals surface area (Å²) < 4.78 is 2.69. The zero-order valence-electron chi connectivity index (χ0n) is 19.6. The second-order valence-corrected chi connectivity index (χ2v) is 10.8. The summed E-state index contributed by atoms with van der Waals surface area (Å²) in [5.74, 6) is 0. The number of rotatable bonds is 1. The second kappa shape index (κ2) is 6.59. The largest absolute Gasteiger partial charge is 0.371 e. The van der Waals surface area contributed by atoms with Crippen LogP contribution in [0.25, 0.3) is 5.57 Å². The van der Waals surface area contributed by atoms with E-state index in [9.17, 15) is 0 Å². The Bertz CT molecular complexity index is 1510. The van der Waals surface area contributed by atoms with E-state index in [0.29, 0.717) is 0 Å². The first-order chi connectivity index (χ1) is 16.3. The number of aryl methyl sites for hydroxylation is 1. The van der Waals surface area contributed by atoms with Crippen molar-refractivity contribution in [2.45, 2.75) is 51.9 Å². The van der Waals surface area contributed by atoms with Crippen LogP contribution in [-0.2, 0) is 32.1 Å². The molecule has 0 amide bonds. The molecule has 0 fully saturated rings. The third kappa shape index (κ3) is 2.42. The molecule has 0 radical (unpaired) electrons. The standard InChI is InChI=1S/C31H31N2/c1-19-6-2-3-7-22(19)29-27-16-20-10-14-32-12-4-8-23(30(20)32)25(27)18-26-24-9-5-13-33-15-11-21(31(24)33)17-28(26)29/h2-3,6-7,16-17H,4-5,8-15,18H2,1H3/q+1. The van der Waals surface area contributed by atoms with E-state index < -0.39 is 0 Å². The van der Waals surface area contributed by atoms with Gasteiger partial charge in [0.2, 0.25) is 5.36 Å². The van der Waals surface area contributed by atoms with Crippen molar-refractivity contribution in [1.29, 1.82) is 0 Å². The highest BCUT2D eigenvalue weighted by Crippen LogP contribution is 2.44. The highest BCUT2D eigenvalue weighted by atomic mass is 15.2. The summed E-state index contributed by atoms with van der Waals surface area (Å²) in [6.45, 7) is 7.22. The topological polar surface area (TPSA) is 6.25 Å². The van der Waals surface area contributed by atoms with Crippen LogP contribution in [0.15, 0.2) is 36.4 Å². The Kier molecular flexibility index (Phi) is 3.70. The summed E-state index contributed by atoms with van der Waals surface area (Å²) in [6.07, 6.45) is 8.69. The molecule has 0 saturated carbocycles. The number of fused-ring (bicyclic) bond motifs is 4. The van der Waals surface area contributed by atoms with Crippen molar-refractivity contribution in [1.82, 2.24) is 4.58 Å². The number of benzene rings is 3. The van der Waals surface area contributed by atoms with Crippen LogP contribution in [0.3, 0.4) is 0 Å². The molecular weight excluding hydrogens is 400 g/mol. The molecule has 33 heavy (non-hydrogen) atoms. The molecule has 0 saturated heterocycles. The fraction of sp³-hybridized carbons (Fsp3) is 0.387. The van der Waals surface area contributed by atoms with Gasteiger partial charge in [0.05, 0.1) is 0 Å². The van der Waals surface area contributed by atoms with E-state index in [4.69, 9.17) is 0 Å². The maximum Gasteiger partial charge on any atom is 0.206 e. The first-order valence-electron chi connectivity index (χ1n) is 13.1. The van der Waals surface area contributed by atoms with E-state index in [0.717, 1.165) is 6.42 Å². The molecule has 3 aromatic rings. The van der Waals surface area contributed by atoms with E-state index in [2.05, 4.69) is 52.8 Å². The lowest BCUT2D eigenvalue weighted by Gasteiger charge is -2.33. The number of nitrogens with zero attached hydrogens (tertiary/aromatic N) is 2. The molecule has 1 aliphatic carbocycles. The minimum absolute atomic E-state index is 1.13. The SMILES string of the molecule is Cc1ccccc1C1=c2cc3c4c(c2Cc2c1cc1c5c2CCCN5CC1)CCC[N+]=4CC3. The summed E-state index contributed by atoms with van der Waals surface area (Å²) in [6, 6.07) is 14.3. The van der Waals surface area contributed by atoms with Gasteiger partial charge in [-0.1, -0.05) is 24.3 Å². The molecule has 8 rings (SSSR count). The quantitative estimate of drug-likeness (QED) is 0.419. The summed E-state index contributed by atoms with van der Waals surface area (Å²) in [7, 11) is 0. The predicted molar refractivity (Wildman–Crippen MR) is 135 cm³/mol. The van der Waals surface area contributed by atoms with E-state index >= 15 is 0 Å². The molecule has 3 aromatic carbocycles. The van der Waals surface area contributed by atoms with Crippen LogP contribution in [0, 0.1) is 6.92 Å². The fourth-order valence-corrected chi connectivity index (χ4v) is 7.76. The van der Waals surface area contributed by atoms with Crippen molar-refractivity contribution < 1.29 is 0 Å². The van der Waals surface area contributed by atoms with Gasteiger partial charge in [-0.25, -0.2) is 4.58 Å². The van der Waals surface area contributed by atoms with Gasteiger partial charge in [-0.05, 0) is 101 Å². The minimum Gasteiger partial charge on any atom is -0.371 e. The maximum atomic E-state index is 2.69. The van der Waals surface area contributed by atoms with Crippen molar-refractivity contribution in [2.75, 3.05) is 31.1 Å². The summed E-state index contributed by atoms with van der Waals surface area (Å²) in [5, 5.41) is 3.16. The van der Waals surface area contributed by atoms with Crippen LogP contribution < -0.4 is 20.1 Å². The van der Waals surface area contributed by atoms with Crippen molar-refractivity contribution >= 4 is 11.3 Å². The van der Waals surface area contributed by atoms with Crippen LogP contribution in [-0.4, -0.2) is 26.2 Å². The van der Waals surface area contributed by atoms with Crippen molar-refractivity contribution in [3.05, 3.63) is 97.0 Å². The first kappa shape index (κ1) is 18.5.